The van der Waals surface area contributed by atoms with Crippen LogP contribution in [0.15, 0.2) is 30.6 Å². The molecular formula is C14H13F2N3O. The Kier molecular flexibility index (Phi) is 4.34. The molecule has 0 aliphatic carbocycles. The van der Waals surface area contributed by atoms with Crippen LogP contribution in [-0.2, 0) is 6.42 Å². The maximum absolute atomic E-state index is 13.0. The van der Waals surface area contributed by atoms with Crippen LogP contribution in [0.25, 0.3) is 0 Å². The number of aromatic nitrogens is 2. The van der Waals surface area contributed by atoms with E-state index in [1.807, 2.05) is 0 Å². The molecule has 0 fully saturated rings. The molecule has 104 valence electrons. The second kappa shape index (κ2) is 6.18. The van der Waals surface area contributed by atoms with Crippen LogP contribution in [0.5, 0.6) is 0 Å². The highest BCUT2D eigenvalue weighted by atomic mass is 19.1. The van der Waals surface area contributed by atoms with Gasteiger partial charge in [-0.15, -0.1) is 0 Å². The normalized spacial score (nSPS) is 10.3. The van der Waals surface area contributed by atoms with Crippen LogP contribution in [0.4, 0.5) is 8.78 Å². The predicted octanol–water partition coefficient (Wildman–Crippen LogP) is 2.04. The smallest absolute Gasteiger partial charge is 0.254 e. The molecule has 1 aromatic heterocycles. The third-order valence-electron chi connectivity index (χ3n) is 2.66. The van der Waals surface area contributed by atoms with Crippen LogP contribution in [-0.4, -0.2) is 22.4 Å². The third kappa shape index (κ3) is 3.81. The molecule has 1 amide bonds. The van der Waals surface area contributed by atoms with E-state index in [2.05, 4.69) is 15.3 Å². The van der Waals surface area contributed by atoms with Crippen molar-refractivity contribution < 1.29 is 13.6 Å². The maximum atomic E-state index is 13.0. The number of carbonyl (C=O) groups is 1. The molecule has 0 atom stereocenters. The minimum Gasteiger partial charge on any atom is -0.352 e. The van der Waals surface area contributed by atoms with Crippen LogP contribution in [0, 0.1) is 18.6 Å². The first kappa shape index (κ1) is 14.0. The lowest BCUT2D eigenvalue weighted by atomic mass is 10.1. The molecule has 0 unspecified atom stereocenters. The summed E-state index contributed by atoms with van der Waals surface area (Å²) in [6.07, 6.45) is 3.20. The summed E-state index contributed by atoms with van der Waals surface area (Å²) in [5, 5.41) is 2.64. The van der Waals surface area contributed by atoms with E-state index in [4.69, 9.17) is 0 Å². The lowest BCUT2D eigenvalue weighted by Crippen LogP contribution is -2.26. The van der Waals surface area contributed by atoms with Crippen molar-refractivity contribution in [2.75, 3.05) is 6.54 Å². The molecule has 2 aromatic rings. The van der Waals surface area contributed by atoms with Crippen LogP contribution in [0.2, 0.25) is 0 Å². The average molecular weight is 277 g/mol. The summed E-state index contributed by atoms with van der Waals surface area (Å²) in [7, 11) is 0. The van der Waals surface area contributed by atoms with Crippen molar-refractivity contribution in [3.8, 4) is 0 Å². The van der Waals surface area contributed by atoms with Gasteiger partial charge in [-0.05, 0) is 31.0 Å². The Morgan fingerprint density at radius 3 is 2.35 bits per heavy atom. The topological polar surface area (TPSA) is 54.9 Å². The van der Waals surface area contributed by atoms with E-state index in [0.717, 1.165) is 6.07 Å². The SMILES string of the molecule is Cc1ncc(C(=O)NCCc2cc(F)cc(F)c2)cn1. The fourth-order valence-electron chi connectivity index (χ4n) is 1.69. The number of nitrogens with zero attached hydrogens (tertiary/aromatic N) is 2. The monoisotopic (exact) mass is 277 g/mol. The minimum absolute atomic E-state index is 0.273. The van der Waals surface area contributed by atoms with E-state index < -0.39 is 11.6 Å². The number of nitrogens with one attached hydrogen (secondary N) is 1. The fourth-order valence-corrected chi connectivity index (χ4v) is 1.69. The molecule has 4 nitrogen and oxygen atoms in total. The number of aryl methyl sites for hydroxylation is 1. The van der Waals surface area contributed by atoms with Gasteiger partial charge < -0.3 is 5.32 Å². The largest absolute Gasteiger partial charge is 0.352 e. The molecule has 0 radical (unpaired) electrons. The molecule has 0 aliphatic rings. The van der Waals surface area contributed by atoms with E-state index >= 15 is 0 Å². The first-order chi connectivity index (χ1) is 9.54. The first-order valence-corrected chi connectivity index (χ1v) is 6.06. The molecule has 0 aliphatic heterocycles. The molecule has 1 aromatic carbocycles. The van der Waals surface area contributed by atoms with Crippen LogP contribution in [0.1, 0.15) is 21.7 Å². The molecule has 0 saturated carbocycles. The third-order valence-corrected chi connectivity index (χ3v) is 2.66. The van der Waals surface area contributed by atoms with Gasteiger partial charge in [0.2, 0.25) is 0 Å². The van der Waals surface area contributed by atoms with Crippen molar-refractivity contribution in [3.63, 3.8) is 0 Å². The summed E-state index contributed by atoms with van der Waals surface area (Å²) < 4.78 is 25.9. The Morgan fingerprint density at radius 1 is 1.15 bits per heavy atom. The van der Waals surface area contributed by atoms with Crippen LogP contribution >= 0.6 is 0 Å². The summed E-state index contributed by atoms with van der Waals surface area (Å²) in [4.78, 5) is 19.6. The summed E-state index contributed by atoms with van der Waals surface area (Å²) in [5.74, 6) is -0.991. The Morgan fingerprint density at radius 2 is 1.75 bits per heavy atom. The zero-order chi connectivity index (χ0) is 14.5. The first-order valence-electron chi connectivity index (χ1n) is 6.06. The highest BCUT2D eigenvalue weighted by Crippen LogP contribution is 2.08. The second-order valence-corrected chi connectivity index (χ2v) is 4.30. The molecule has 0 spiro atoms. The van der Waals surface area contributed by atoms with Crippen molar-refractivity contribution in [1.29, 1.82) is 0 Å². The maximum Gasteiger partial charge on any atom is 0.254 e. The highest BCUT2D eigenvalue weighted by Gasteiger charge is 2.06. The number of rotatable bonds is 4. The Balaban J connectivity index is 1.89. The molecule has 0 saturated heterocycles. The zero-order valence-corrected chi connectivity index (χ0v) is 10.9. The Labute approximate surface area is 114 Å². The molecular weight excluding hydrogens is 264 g/mol. The number of amides is 1. The number of hydrogen-bond donors (Lipinski definition) is 1. The van der Waals surface area contributed by atoms with Gasteiger partial charge in [0.05, 0.1) is 5.56 Å². The van der Waals surface area contributed by atoms with Crippen molar-refractivity contribution >= 4 is 5.91 Å². The van der Waals surface area contributed by atoms with Gasteiger partial charge in [-0.2, -0.15) is 0 Å². The standard InChI is InChI=1S/C14H13F2N3O/c1-9-18-7-11(8-19-9)14(20)17-3-2-10-4-12(15)6-13(16)5-10/h4-8H,2-3H2,1H3,(H,17,20). The van der Waals surface area contributed by atoms with Gasteiger partial charge in [0.25, 0.3) is 5.91 Å². The van der Waals surface area contributed by atoms with Crippen LogP contribution in [0.3, 0.4) is 0 Å². The molecule has 1 heterocycles. The molecule has 1 N–H and O–H groups in total. The summed E-state index contributed by atoms with van der Waals surface area (Å²) >= 11 is 0. The highest BCUT2D eigenvalue weighted by molar-refractivity contribution is 5.93. The number of hydrogen-bond acceptors (Lipinski definition) is 3. The van der Waals surface area contributed by atoms with Gasteiger partial charge in [0.15, 0.2) is 0 Å². The van der Waals surface area contributed by atoms with E-state index in [-0.39, 0.29) is 12.5 Å². The lowest BCUT2D eigenvalue weighted by molar-refractivity contribution is 0.0953. The lowest BCUT2D eigenvalue weighted by Gasteiger charge is -2.05. The second-order valence-electron chi connectivity index (χ2n) is 4.30. The van der Waals surface area contributed by atoms with Crippen LogP contribution < -0.4 is 5.32 Å². The fraction of sp³-hybridized carbons (Fsp3) is 0.214. The van der Waals surface area contributed by atoms with E-state index in [1.54, 1.807) is 6.92 Å². The van der Waals surface area contributed by atoms with E-state index in [1.165, 1.54) is 24.5 Å². The van der Waals surface area contributed by atoms with Crippen molar-refractivity contribution in [1.82, 2.24) is 15.3 Å². The van der Waals surface area contributed by atoms with Gasteiger partial charge >= 0.3 is 0 Å². The average Bonchev–Trinajstić information content (AvgIpc) is 2.38. The zero-order valence-electron chi connectivity index (χ0n) is 10.9. The molecule has 0 bridgehead atoms. The Hall–Kier alpha value is -2.37. The molecule has 20 heavy (non-hydrogen) atoms. The van der Waals surface area contributed by atoms with Gasteiger partial charge in [0.1, 0.15) is 17.5 Å². The summed E-state index contributed by atoms with van der Waals surface area (Å²) in [6.45, 7) is 2.00. The summed E-state index contributed by atoms with van der Waals surface area (Å²) in [6, 6.07) is 3.29. The van der Waals surface area contributed by atoms with Gasteiger partial charge in [0, 0.05) is 25.0 Å². The molecule has 6 heteroatoms. The van der Waals surface area contributed by atoms with Crippen molar-refractivity contribution in [2.45, 2.75) is 13.3 Å². The van der Waals surface area contributed by atoms with Gasteiger partial charge in [-0.25, -0.2) is 18.7 Å². The van der Waals surface area contributed by atoms with E-state index in [9.17, 15) is 13.6 Å². The van der Waals surface area contributed by atoms with Gasteiger partial charge in [-0.3, -0.25) is 4.79 Å². The predicted molar refractivity (Wildman–Crippen MR) is 69.2 cm³/mol. The Bertz CT molecular complexity index is 594. The minimum atomic E-state index is -0.627. The number of benzene rings is 1. The number of halogens is 2. The molecule has 2 rings (SSSR count). The van der Waals surface area contributed by atoms with Gasteiger partial charge in [-0.1, -0.05) is 0 Å². The van der Waals surface area contributed by atoms with E-state index in [0.29, 0.717) is 23.4 Å². The quantitative estimate of drug-likeness (QED) is 0.930. The van der Waals surface area contributed by atoms with Crippen molar-refractivity contribution in [2.24, 2.45) is 0 Å². The van der Waals surface area contributed by atoms with Crippen molar-refractivity contribution in [3.05, 3.63) is 59.2 Å². The summed E-state index contributed by atoms with van der Waals surface area (Å²) in [5.41, 5.74) is 0.837. The number of carbonyl (C=O) groups excluding carboxylic acids is 1.